The number of anilines is 4. The number of aromatic nitrogens is 1. The number of rotatable bonds is 12. The molecule has 0 radical (unpaired) electrons. The monoisotopic (exact) mass is 502 g/mol. The average Bonchev–Trinajstić information content (AvgIpc) is 2.88. The Labute approximate surface area is 217 Å². The van der Waals surface area contributed by atoms with E-state index in [9.17, 15) is 9.59 Å². The number of benzene rings is 2. The lowest BCUT2D eigenvalue weighted by Crippen LogP contribution is -2.29. The summed E-state index contributed by atoms with van der Waals surface area (Å²) in [7, 11) is 3.97. The first kappa shape index (κ1) is 27.1. The van der Waals surface area contributed by atoms with Gasteiger partial charge in [0.2, 0.25) is 0 Å². The quantitative estimate of drug-likeness (QED) is 0.248. The van der Waals surface area contributed by atoms with E-state index in [0.717, 1.165) is 16.9 Å². The van der Waals surface area contributed by atoms with Crippen molar-refractivity contribution in [2.24, 2.45) is 0 Å². The third-order valence-corrected chi connectivity index (χ3v) is 5.59. The number of para-hydroxylation sites is 2. The first-order chi connectivity index (χ1) is 17.8. The van der Waals surface area contributed by atoms with Gasteiger partial charge in [0.15, 0.2) is 0 Å². The maximum atomic E-state index is 12.6. The van der Waals surface area contributed by atoms with E-state index in [4.69, 9.17) is 10.5 Å². The standard InChI is InChI=1S/C28H34N6O3/c1-5-37-27(35)16-17-34(20(2)31-22-11-13-23(14-12-22)33(3)4)19-21-10-15-26(30-18-21)28(36)32-25-9-7-6-8-24(25)29/h6-15,18,31H,2,5,16-17,19,29H2,1,3-4H3,(H,32,36). The number of carbonyl (C=O) groups is 2. The highest BCUT2D eigenvalue weighted by Crippen LogP contribution is 2.20. The molecule has 194 valence electrons. The summed E-state index contributed by atoms with van der Waals surface area (Å²) in [5, 5.41) is 6.08. The summed E-state index contributed by atoms with van der Waals surface area (Å²) in [6.45, 7) is 7.13. The number of hydrogen-bond donors (Lipinski definition) is 3. The molecule has 1 heterocycles. The molecule has 0 atom stereocenters. The number of nitrogen functional groups attached to an aromatic ring is 1. The number of nitrogens with zero attached hydrogens (tertiary/aromatic N) is 3. The van der Waals surface area contributed by atoms with Crippen LogP contribution in [-0.2, 0) is 16.1 Å². The Morgan fingerprint density at radius 1 is 1.03 bits per heavy atom. The number of nitrogens with two attached hydrogens (primary N) is 1. The first-order valence-corrected chi connectivity index (χ1v) is 12.0. The summed E-state index contributed by atoms with van der Waals surface area (Å²) in [4.78, 5) is 32.9. The molecule has 0 aliphatic heterocycles. The van der Waals surface area contributed by atoms with Gasteiger partial charge in [-0.15, -0.1) is 0 Å². The second-order valence-electron chi connectivity index (χ2n) is 8.58. The van der Waals surface area contributed by atoms with Crippen LogP contribution < -0.4 is 21.3 Å². The Morgan fingerprint density at radius 2 is 1.76 bits per heavy atom. The lowest BCUT2D eigenvalue weighted by molar-refractivity contribution is -0.143. The van der Waals surface area contributed by atoms with Gasteiger partial charge in [-0.2, -0.15) is 0 Å². The van der Waals surface area contributed by atoms with Gasteiger partial charge in [0.25, 0.3) is 5.91 Å². The van der Waals surface area contributed by atoms with Crippen molar-refractivity contribution >= 4 is 34.6 Å². The molecule has 9 nitrogen and oxygen atoms in total. The molecule has 1 aromatic heterocycles. The van der Waals surface area contributed by atoms with Crippen LogP contribution in [0.4, 0.5) is 22.7 Å². The third kappa shape index (κ3) is 7.99. The predicted octanol–water partition coefficient (Wildman–Crippen LogP) is 4.32. The summed E-state index contributed by atoms with van der Waals surface area (Å²) in [5.74, 6) is 0.0000958. The highest BCUT2D eigenvalue weighted by molar-refractivity contribution is 6.04. The van der Waals surface area contributed by atoms with Crippen molar-refractivity contribution in [2.75, 3.05) is 48.5 Å². The van der Waals surface area contributed by atoms with Gasteiger partial charge < -0.3 is 30.9 Å². The normalized spacial score (nSPS) is 10.4. The minimum absolute atomic E-state index is 0.209. The first-order valence-electron chi connectivity index (χ1n) is 12.0. The molecule has 0 aliphatic carbocycles. The minimum Gasteiger partial charge on any atom is -0.466 e. The van der Waals surface area contributed by atoms with Crippen molar-refractivity contribution in [3.8, 4) is 0 Å². The maximum absolute atomic E-state index is 12.6. The van der Waals surface area contributed by atoms with Crippen LogP contribution in [0.15, 0.2) is 79.3 Å². The Hall–Kier alpha value is -4.53. The predicted molar refractivity (Wildman–Crippen MR) is 148 cm³/mol. The third-order valence-electron chi connectivity index (χ3n) is 5.59. The van der Waals surface area contributed by atoms with Crippen molar-refractivity contribution in [3.05, 3.63) is 90.5 Å². The Kier molecular flexibility index (Phi) is 9.48. The van der Waals surface area contributed by atoms with E-state index >= 15 is 0 Å². The van der Waals surface area contributed by atoms with Crippen LogP contribution in [-0.4, -0.2) is 49.0 Å². The largest absolute Gasteiger partial charge is 0.466 e. The Balaban J connectivity index is 1.69. The molecule has 2 aromatic carbocycles. The fourth-order valence-corrected chi connectivity index (χ4v) is 3.53. The highest BCUT2D eigenvalue weighted by atomic mass is 16.5. The fraction of sp³-hybridized carbons (Fsp3) is 0.250. The SMILES string of the molecule is C=C(Nc1ccc(N(C)C)cc1)N(CCC(=O)OCC)Cc1ccc(C(=O)Nc2ccccc2N)nc1. The van der Waals surface area contributed by atoms with Crippen molar-refractivity contribution in [3.63, 3.8) is 0 Å². The molecule has 3 aromatic rings. The van der Waals surface area contributed by atoms with Gasteiger partial charge >= 0.3 is 5.97 Å². The van der Waals surface area contributed by atoms with Crippen LogP contribution >= 0.6 is 0 Å². The van der Waals surface area contributed by atoms with Crippen LogP contribution in [0, 0.1) is 0 Å². The molecule has 0 bridgehead atoms. The zero-order valence-corrected chi connectivity index (χ0v) is 21.5. The van der Waals surface area contributed by atoms with E-state index in [1.165, 1.54) is 0 Å². The Bertz CT molecular complexity index is 1210. The van der Waals surface area contributed by atoms with Gasteiger partial charge in [-0.1, -0.05) is 24.8 Å². The molecule has 0 saturated carbocycles. The molecule has 1 amide bonds. The number of amides is 1. The van der Waals surface area contributed by atoms with Crippen molar-refractivity contribution in [1.82, 2.24) is 9.88 Å². The molecule has 0 spiro atoms. The van der Waals surface area contributed by atoms with Crippen molar-refractivity contribution < 1.29 is 14.3 Å². The summed E-state index contributed by atoms with van der Waals surface area (Å²) in [6.07, 6.45) is 1.85. The van der Waals surface area contributed by atoms with E-state index in [0.29, 0.717) is 36.9 Å². The lowest BCUT2D eigenvalue weighted by atomic mass is 10.2. The molecule has 0 aliphatic rings. The molecular formula is C28H34N6O3. The molecule has 4 N–H and O–H groups in total. The topological polar surface area (TPSA) is 113 Å². The van der Waals surface area contributed by atoms with Crippen LogP contribution in [0.3, 0.4) is 0 Å². The molecule has 0 saturated heterocycles. The van der Waals surface area contributed by atoms with E-state index in [-0.39, 0.29) is 24.0 Å². The molecule has 37 heavy (non-hydrogen) atoms. The maximum Gasteiger partial charge on any atom is 0.307 e. The number of hydrogen-bond acceptors (Lipinski definition) is 8. The highest BCUT2D eigenvalue weighted by Gasteiger charge is 2.14. The van der Waals surface area contributed by atoms with Crippen LogP contribution in [0.25, 0.3) is 0 Å². The second kappa shape index (κ2) is 13.0. The second-order valence-corrected chi connectivity index (χ2v) is 8.58. The van der Waals surface area contributed by atoms with Gasteiger partial charge in [-0.25, -0.2) is 0 Å². The summed E-state index contributed by atoms with van der Waals surface area (Å²) in [5.41, 5.74) is 10.00. The number of esters is 1. The summed E-state index contributed by atoms with van der Waals surface area (Å²) in [6, 6.07) is 18.5. The van der Waals surface area contributed by atoms with E-state index < -0.39 is 0 Å². The fourth-order valence-electron chi connectivity index (χ4n) is 3.53. The zero-order chi connectivity index (χ0) is 26.8. The molecule has 9 heteroatoms. The lowest BCUT2D eigenvalue weighted by Gasteiger charge is -2.27. The van der Waals surface area contributed by atoms with Gasteiger partial charge in [0, 0.05) is 44.8 Å². The minimum atomic E-state index is -0.351. The number of carbonyl (C=O) groups excluding carboxylic acids is 2. The number of ether oxygens (including phenoxy) is 1. The zero-order valence-electron chi connectivity index (χ0n) is 21.5. The van der Waals surface area contributed by atoms with Crippen molar-refractivity contribution in [1.29, 1.82) is 0 Å². The van der Waals surface area contributed by atoms with E-state index in [2.05, 4.69) is 22.2 Å². The van der Waals surface area contributed by atoms with Gasteiger partial charge in [0.1, 0.15) is 5.69 Å². The molecule has 3 rings (SSSR count). The van der Waals surface area contributed by atoms with Crippen LogP contribution in [0.2, 0.25) is 0 Å². The van der Waals surface area contributed by atoms with Gasteiger partial charge in [-0.05, 0) is 55.0 Å². The van der Waals surface area contributed by atoms with Gasteiger partial charge in [0.05, 0.1) is 30.2 Å². The van der Waals surface area contributed by atoms with E-state index in [1.54, 1.807) is 43.5 Å². The Morgan fingerprint density at radius 3 is 2.38 bits per heavy atom. The van der Waals surface area contributed by atoms with Gasteiger partial charge in [-0.3, -0.25) is 14.6 Å². The average molecular weight is 503 g/mol. The molecular weight excluding hydrogens is 468 g/mol. The van der Waals surface area contributed by atoms with Crippen molar-refractivity contribution in [2.45, 2.75) is 19.9 Å². The molecule has 0 fully saturated rings. The van der Waals surface area contributed by atoms with Crippen LogP contribution in [0.1, 0.15) is 29.4 Å². The summed E-state index contributed by atoms with van der Waals surface area (Å²) >= 11 is 0. The van der Waals surface area contributed by atoms with E-state index in [1.807, 2.05) is 54.2 Å². The number of nitrogens with one attached hydrogen (secondary N) is 2. The smallest absolute Gasteiger partial charge is 0.307 e. The number of pyridine rings is 1. The van der Waals surface area contributed by atoms with Crippen LogP contribution in [0.5, 0.6) is 0 Å². The summed E-state index contributed by atoms with van der Waals surface area (Å²) < 4.78 is 5.09. The molecule has 0 unspecified atom stereocenters.